The molecule has 5 nitrogen and oxygen atoms in total. The zero-order valence-corrected chi connectivity index (χ0v) is 12.9. The second kappa shape index (κ2) is 6.35. The Balaban J connectivity index is 2.31. The highest BCUT2D eigenvalue weighted by atomic mass is 15.3. The molecule has 5 heteroatoms. The zero-order valence-electron chi connectivity index (χ0n) is 12.9. The summed E-state index contributed by atoms with van der Waals surface area (Å²) in [6.45, 7) is 6.18. The third kappa shape index (κ3) is 4.56. The van der Waals surface area contributed by atoms with Gasteiger partial charge >= 0.3 is 0 Å². The molecule has 1 aromatic heterocycles. The third-order valence-electron chi connectivity index (χ3n) is 2.71. The molecule has 110 valence electrons. The fourth-order valence-electron chi connectivity index (χ4n) is 1.76. The van der Waals surface area contributed by atoms with Gasteiger partial charge in [-0.3, -0.25) is 4.98 Å². The van der Waals surface area contributed by atoms with Gasteiger partial charge < -0.3 is 10.2 Å². The topological polar surface area (TPSA) is 53.4 Å². The van der Waals surface area contributed by atoms with E-state index in [1.165, 1.54) is 0 Å². The summed E-state index contributed by atoms with van der Waals surface area (Å²) in [5.41, 5.74) is 0.852. The summed E-state index contributed by atoms with van der Waals surface area (Å²) < 4.78 is 0. The van der Waals surface area contributed by atoms with E-state index in [0.717, 1.165) is 11.6 Å². The molecule has 0 atom stereocenters. The minimum atomic E-state index is -0.201. The van der Waals surface area contributed by atoms with E-state index in [1.807, 2.05) is 42.3 Å². The molecule has 2 rings (SSSR count). The van der Waals surface area contributed by atoms with Gasteiger partial charge in [-0.2, -0.15) is 0 Å². The van der Waals surface area contributed by atoms with Crippen molar-refractivity contribution in [2.45, 2.75) is 26.3 Å². The van der Waals surface area contributed by atoms with Gasteiger partial charge in [0.15, 0.2) is 5.82 Å². The monoisotopic (exact) mass is 283 g/mol. The van der Waals surface area contributed by atoms with Crippen molar-refractivity contribution in [1.29, 1.82) is 0 Å². The third-order valence-corrected chi connectivity index (χ3v) is 2.71. The van der Waals surface area contributed by atoms with E-state index >= 15 is 0 Å². The van der Waals surface area contributed by atoms with E-state index in [4.69, 9.17) is 4.99 Å². The summed E-state index contributed by atoms with van der Waals surface area (Å²) in [5.74, 6) is 1.40. The molecule has 0 bridgehead atoms. The molecule has 0 unspecified atom stereocenters. The van der Waals surface area contributed by atoms with Crippen molar-refractivity contribution >= 4 is 17.5 Å². The number of para-hydroxylation sites is 1. The summed E-state index contributed by atoms with van der Waals surface area (Å²) in [6, 6.07) is 10.1. The predicted molar refractivity (Wildman–Crippen MR) is 87.7 cm³/mol. The number of nitrogens with zero attached hydrogens (tertiary/aromatic N) is 4. The molecule has 21 heavy (non-hydrogen) atoms. The summed E-state index contributed by atoms with van der Waals surface area (Å²) in [4.78, 5) is 15.1. The van der Waals surface area contributed by atoms with Crippen molar-refractivity contribution in [3.05, 3.63) is 48.9 Å². The minimum absolute atomic E-state index is 0.201. The largest absolute Gasteiger partial charge is 0.315 e. The van der Waals surface area contributed by atoms with Crippen LogP contribution in [0.4, 0.5) is 11.5 Å². The second-order valence-electron chi connectivity index (χ2n) is 5.72. The Kier molecular flexibility index (Phi) is 4.52. The van der Waals surface area contributed by atoms with Crippen LogP contribution in [-0.4, -0.2) is 28.5 Å². The maximum atomic E-state index is 4.74. The van der Waals surface area contributed by atoms with Crippen molar-refractivity contribution in [1.82, 2.24) is 9.97 Å². The van der Waals surface area contributed by atoms with Crippen molar-refractivity contribution in [3.63, 3.8) is 0 Å². The van der Waals surface area contributed by atoms with Crippen LogP contribution in [-0.2, 0) is 0 Å². The smallest absolute Gasteiger partial charge is 0.204 e. The Morgan fingerprint density at radius 3 is 2.43 bits per heavy atom. The molecule has 0 radical (unpaired) electrons. The van der Waals surface area contributed by atoms with Crippen LogP contribution in [0.5, 0.6) is 0 Å². The van der Waals surface area contributed by atoms with Crippen molar-refractivity contribution in [3.8, 4) is 0 Å². The molecule has 2 aromatic rings. The van der Waals surface area contributed by atoms with Gasteiger partial charge in [-0.25, -0.2) is 9.98 Å². The molecule has 0 fully saturated rings. The fourth-order valence-corrected chi connectivity index (χ4v) is 1.76. The normalized spacial score (nSPS) is 12.1. The van der Waals surface area contributed by atoms with E-state index in [0.29, 0.717) is 5.82 Å². The number of benzene rings is 1. The molecule has 1 heterocycles. The number of hydrogen-bond acceptors (Lipinski definition) is 3. The average molecular weight is 283 g/mol. The Labute approximate surface area is 125 Å². The SMILES string of the molecule is CN(C(=NC(C)(C)C)Nc1cnccn1)c1ccccc1. The second-order valence-corrected chi connectivity index (χ2v) is 5.72. The molecule has 0 aliphatic heterocycles. The van der Waals surface area contributed by atoms with Crippen molar-refractivity contribution in [2.75, 3.05) is 17.3 Å². The Morgan fingerprint density at radius 2 is 1.86 bits per heavy atom. The summed E-state index contributed by atoms with van der Waals surface area (Å²) in [6.07, 6.45) is 4.98. The lowest BCUT2D eigenvalue weighted by molar-refractivity contribution is 0.582. The van der Waals surface area contributed by atoms with Crippen LogP contribution in [0.25, 0.3) is 0 Å². The minimum Gasteiger partial charge on any atom is -0.315 e. The standard InChI is InChI=1S/C16H21N5/c1-16(2,3)20-15(19-14-12-17-10-11-18-14)21(4)13-8-6-5-7-9-13/h5-12H,1-4H3,(H,18,19,20). The molecule has 1 aromatic carbocycles. The lowest BCUT2D eigenvalue weighted by atomic mass is 10.1. The van der Waals surface area contributed by atoms with Crippen LogP contribution in [0.15, 0.2) is 53.9 Å². The van der Waals surface area contributed by atoms with E-state index < -0.39 is 0 Å². The predicted octanol–water partition coefficient (Wildman–Crippen LogP) is 3.18. The number of nitrogens with one attached hydrogen (secondary N) is 1. The number of aliphatic imine (C=N–C) groups is 1. The molecule has 0 spiro atoms. The molecular weight excluding hydrogens is 262 g/mol. The first kappa shape index (κ1) is 15.0. The van der Waals surface area contributed by atoms with Crippen LogP contribution in [0.1, 0.15) is 20.8 Å². The first-order chi connectivity index (χ1) is 9.96. The van der Waals surface area contributed by atoms with E-state index in [-0.39, 0.29) is 5.54 Å². The van der Waals surface area contributed by atoms with Crippen LogP contribution in [0, 0.1) is 0 Å². The fraction of sp³-hybridized carbons (Fsp3) is 0.312. The van der Waals surface area contributed by atoms with Crippen LogP contribution in [0.3, 0.4) is 0 Å². The van der Waals surface area contributed by atoms with E-state index in [9.17, 15) is 0 Å². The number of aromatic nitrogens is 2. The summed E-state index contributed by atoms with van der Waals surface area (Å²) in [7, 11) is 1.98. The average Bonchev–Trinajstić information content (AvgIpc) is 2.46. The summed E-state index contributed by atoms with van der Waals surface area (Å²) >= 11 is 0. The maximum absolute atomic E-state index is 4.74. The Bertz CT molecular complexity index is 587. The van der Waals surface area contributed by atoms with E-state index in [2.05, 4.69) is 36.1 Å². The highest BCUT2D eigenvalue weighted by Crippen LogP contribution is 2.16. The summed E-state index contributed by atoms with van der Waals surface area (Å²) in [5, 5.41) is 3.24. The number of anilines is 2. The molecule has 0 saturated carbocycles. The lowest BCUT2D eigenvalue weighted by Crippen LogP contribution is -2.35. The van der Waals surface area contributed by atoms with Crippen molar-refractivity contribution < 1.29 is 0 Å². The lowest BCUT2D eigenvalue weighted by Gasteiger charge is -2.25. The number of rotatable bonds is 2. The first-order valence-electron chi connectivity index (χ1n) is 6.87. The molecular formula is C16H21N5. The highest BCUT2D eigenvalue weighted by molar-refractivity contribution is 6.04. The van der Waals surface area contributed by atoms with Gasteiger partial charge in [0.2, 0.25) is 5.96 Å². The molecule has 0 aliphatic rings. The highest BCUT2D eigenvalue weighted by Gasteiger charge is 2.15. The quantitative estimate of drug-likeness (QED) is 0.679. The van der Waals surface area contributed by atoms with Gasteiger partial charge in [0.1, 0.15) is 0 Å². The van der Waals surface area contributed by atoms with Gasteiger partial charge in [0.25, 0.3) is 0 Å². The van der Waals surface area contributed by atoms with Gasteiger partial charge in [0, 0.05) is 25.1 Å². The number of hydrogen-bond donors (Lipinski definition) is 1. The molecule has 0 aliphatic carbocycles. The molecule has 0 saturated heterocycles. The van der Waals surface area contributed by atoms with Gasteiger partial charge in [0.05, 0.1) is 11.7 Å². The first-order valence-corrected chi connectivity index (χ1v) is 6.87. The Morgan fingerprint density at radius 1 is 1.14 bits per heavy atom. The Hall–Kier alpha value is -2.43. The molecule has 0 amide bonds. The number of guanidine groups is 1. The van der Waals surface area contributed by atoms with Gasteiger partial charge in [-0.1, -0.05) is 18.2 Å². The molecule has 1 N–H and O–H groups in total. The van der Waals surface area contributed by atoms with Crippen LogP contribution >= 0.6 is 0 Å². The van der Waals surface area contributed by atoms with Crippen LogP contribution < -0.4 is 10.2 Å². The van der Waals surface area contributed by atoms with Crippen molar-refractivity contribution in [2.24, 2.45) is 4.99 Å². The zero-order chi connectivity index (χ0) is 15.3. The maximum Gasteiger partial charge on any atom is 0.204 e. The van der Waals surface area contributed by atoms with Crippen LogP contribution in [0.2, 0.25) is 0 Å². The van der Waals surface area contributed by atoms with Gasteiger partial charge in [-0.05, 0) is 32.9 Å². The van der Waals surface area contributed by atoms with Gasteiger partial charge in [-0.15, -0.1) is 0 Å². The van der Waals surface area contributed by atoms with E-state index in [1.54, 1.807) is 18.6 Å².